The highest BCUT2D eigenvalue weighted by atomic mass is 16.5. The van der Waals surface area contributed by atoms with Gasteiger partial charge in [-0.15, -0.1) is 0 Å². The van der Waals surface area contributed by atoms with Crippen molar-refractivity contribution in [2.75, 3.05) is 38.2 Å². The summed E-state index contributed by atoms with van der Waals surface area (Å²) in [6, 6.07) is 20.3. The summed E-state index contributed by atoms with van der Waals surface area (Å²) in [5.41, 5.74) is 2.86. The number of amides is 1. The van der Waals surface area contributed by atoms with Gasteiger partial charge in [0.2, 0.25) is 0 Å². The Hall–Kier alpha value is -3.47. The standard InChI is InChI=1S/C25H24N2O3/c1-17-21-12-7-18-5-3-4-6-22(18)24(21)30-23(17)25(28)27-15-13-26(14-16-27)19-8-10-20(29-2)11-9-19/h3-12H,13-16H2,1-2H3. The molecule has 1 aliphatic heterocycles. The number of methoxy groups -OCH3 is 1. The van der Waals surface area contributed by atoms with Crippen LogP contribution in [0.25, 0.3) is 21.7 Å². The Morgan fingerprint density at radius 3 is 2.37 bits per heavy atom. The van der Waals surface area contributed by atoms with E-state index in [1.54, 1.807) is 7.11 Å². The number of ether oxygens (including phenoxy) is 1. The van der Waals surface area contributed by atoms with Gasteiger partial charge in [0.25, 0.3) is 5.91 Å². The largest absolute Gasteiger partial charge is 0.497 e. The molecule has 1 fully saturated rings. The van der Waals surface area contributed by atoms with Crippen molar-refractivity contribution >= 4 is 33.3 Å². The van der Waals surface area contributed by atoms with Gasteiger partial charge >= 0.3 is 0 Å². The van der Waals surface area contributed by atoms with Crippen LogP contribution in [0.4, 0.5) is 5.69 Å². The molecule has 30 heavy (non-hydrogen) atoms. The molecular formula is C25H24N2O3. The third-order valence-corrected chi connectivity index (χ3v) is 6.03. The molecule has 3 aromatic carbocycles. The topological polar surface area (TPSA) is 45.9 Å². The first-order valence-electron chi connectivity index (χ1n) is 10.2. The molecule has 0 saturated carbocycles. The molecule has 0 radical (unpaired) electrons. The first kappa shape index (κ1) is 18.6. The van der Waals surface area contributed by atoms with Crippen molar-refractivity contribution in [2.45, 2.75) is 6.92 Å². The molecule has 152 valence electrons. The number of anilines is 1. The number of nitrogens with zero attached hydrogens (tertiary/aromatic N) is 2. The maximum atomic E-state index is 13.3. The highest BCUT2D eigenvalue weighted by Gasteiger charge is 2.27. The van der Waals surface area contributed by atoms with E-state index < -0.39 is 0 Å². The predicted molar refractivity (Wildman–Crippen MR) is 120 cm³/mol. The molecule has 4 aromatic rings. The predicted octanol–water partition coefficient (Wildman–Crippen LogP) is 4.87. The molecule has 1 aliphatic rings. The molecular weight excluding hydrogens is 376 g/mol. The second-order valence-corrected chi connectivity index (χ2v) is 7.70. The van der Waals surface area contributed by atoms with Gasteiger partial charge in [0.1, 0.15) is 11.3 Å². The van der Waals surface area contributed by atoms with Gasteiger partial charge in [0.05, 0.1) is 7.11 Å². The Morgan fingerprint density at radius 2 is 1.63 bits per heavy atom. The van der Waals surface area contributed by atoms with Crippen molar-refractivity contribution in [3.63, 3.8) is 0 Å². The lowest BCUT2D eigenvalue weighted by molar-refractivity contribution is 0.0716. The van der Waals surface area contributed by atoms with Crippen LogP contribution in [0.3, 0.4) is 0 Å². The molecule has 1 amide bonds. The first-order valence-corrected chi connectivity index (χ1v) is 10.2. The number of piperazine rings is 1. The van der Waals surface area contributed by atoms with Crippen LogP contribution in [0, 0.1) is 6.92 Å². The summed E-state index contributed by atoms with van der Waals surface area (Å²) in [5.74, 6) is 1.28. The third kappa shape index (κ3) is 3.07. The lowest BCUT2D eigenvalue weighted by atomic mass is 10.1. The van der Waals surface area contributed by atoms with Gasteiger partial charge in [-0.1, -0.05) is 36.4 Å². The number of aryl methyl sites for hydroxylation is 1. The van der Waals surface area contributed by atoms with Gasteiger partial charge in [-0.05, 0) is 36.6 Å². The van der Waals surface area contributed by atoms with Gasteiger partial charge < -0.3 is 19.0 Å². The Kier molecular flexibility index (Phi) is 4.58. The maximum Gasteiger partial charge on any atom is 0.290 e. The molecule has 0 bridgehead atoms. The number of carbonyl (C=O) groups excluding carboxylic acids is 1. The number of rotatable bonds is 3. The van der Waals surface area contributed by atoms with Gasteiger partial charge in [-0.3, -0.25) is 4.79 Å². The second kappa shape index (κ2) is 7.41. The van der Waals surface area contributed by atoms with Gasteiger partial charge in [-0.2, -0.15) is 0 Å². The van der Waals surface area contributed by atoms with Crippen LogP contribution in [0.2, 0.25) is 0 Å². The molecule has 0 N–H and O–H groups in total. The average molecular weight is 400 g/mol. The van der Waals surface area contributed by atoms with E-state index >= 15 is 0 Å². The zero-order chi connectivity index (χ0) is 20.7. The number of furan rings is 1. The molecule has 5 rings (SSSR count). The van der Waals surface area contributed by atoms with Gasteiger partial charge in [-0.25, -0.2) is 0 Å². The van der Waals surface area contributed by atoms with E-state index in [0.717, 1.165) is 51.8 Å². The molecule has 0 unspecified atom stereocenters. The van der Waals surface area contributed by atoms with E-state index in [1.807, 2.05) is 42.2 Å². The number of hydrogen-bond donors (Lipinski definition) is 0. The summed E-state index contributed by atoms with van der Waals surface area (Å²) >= 11 is 0. The Labute approximate surface area is 175 Å². The minimum Gasteiger partial charge on any atom is -0.497 e. The summed E-state index contributed by atoms with van der Waals surface area (Å²) in [6.45, 7) is 4.90. The van der Waals surface area contributed by atoms with Crippen LogP contribution in [0.15, 0.2) is 65.1 Å². The average Bonchev–Trinajstić information content (AvgIpc) is 3.15. The van der Waals surface area contributed by atoms with Gasteiger partial charge in [0, 0.05) is 48.2 Å². The second-order valence-electron chi connectivity index (χ2n) is 7.70. The minimum atomic E-state index is -0.0258. The van der Waals surface area contributed by atoms with Crippen LogP contribution in [0.5, 0.6) is 5.75 Å². The molecule has 2 heterocycles. The summed E-state index contributed by atoms with van der Waals surface area (Å²) in [7, 11) is 1.67. The van der Waals surface area contributed by atoms with Crippen LogP contribution < -0.4 is 9.64 Å². The van der Waals surface area contributed by atoms with Crippen molar-refractivity contribution in [3.05, 3.63) is 72.0 Å². The summed E-state index contributed by atoms with van der Waals surface area (Å²) in [6.07, 6.45) is 0. The fourth-order valence-corrected chi connectivity index (χ4v) is 4.26. The monoisotopic (exact) mass is 400 g/mol. The SMILES string of the molecule is COc1ccc(N2CCN(C(=O)c3oc4c(ccc5ccccc54)c3C)CC2)cc1. The van der Waals surface area contributed by atoms with Crippen LogP contribution >= 0.6 is 0 Å². The van der Waals surface area contributed by atoms with Crippen molar-refractivity contribution in [3.8, 4) is 5.75 Å². The van der Waals surface area contributed by atoms with E-state index in [9.17, 15) is 4.79 Å². The Morgan fingerprint density at radius 1 is 0.900 bits per heavy atom. The molecule has 0 aliphatic carbocycles. The zero-order valence-electron chi connectivity index (χ0n) is 17.2. The van der Waals surface area contributed by atoms with Crippen molar-refractivity contribution < 1.29 is 13.9 Å². The van der Waals surface area contributed by atoms with E-state index in [1.165, 1.54) is 0 Å². The molecule has 0 spiro atoms. The zero-order valence-corrected chi connectivity index (χ0v) is 17.2. The van der Waals surface area contributed by atoms with Crippen LogP contribution in [0.1, 0.15) is 16.1 Å². The highest BCUT2D eigenvalue weighted by Crippen LogP contribution is 2.32. The number of carbonyl (C=O) groups is 1. The van der Waals surface area contributed by atoms with E-state index in [0.29, 0.717) is 18.8 Å². The Balaban J connectivity index is 1.37. The lowest BCUT2D eigenvalue weighted by Crippen LogP contribution is -2.48. The highest BCUT2D eigenvalue weighted by molar-refractivity contribution is 6.08. The number of hydrogen-bond acceptors (Lipinski definition) is 4. The van der Waals surface area contributed by atoms with Crippen molar-refractivity contribution in [2.24, 2.45) is 0 Å². The summed E-state index contributed by atoms with van der Waals surface area (Å²) in [4.78, 5) is 17.4. The van der Waals surface area contributed by atoms with Crippen LogP contribution in [-0.2, 0) is 0 Å². The van der Waals surface area contributed by atoms with Crippen molar-refractivity contribution in [1.29, 1.82) is 0 Å². The summed E-state index contributed by atoms with van der Waals surface area (Å²) in [5, 5.41) is 3.17. The number of benzene rings is 3. The normalized spacial score (nSPS) is 14.5. The Bertz CT molecular complexity index is 1220. The lowest BCUT2D eigenvalue weighted by Gasteiger charge is -2.35. The maximum absolute atomic E-state index is 13.3. The first-order chi connectivity index (χ1) is 14.7. The molecule has 1 aromatic heterocycles. The minimum absolute atomic E-state index is 0.0258. The quantitative estimate of drug-likeness (QED) is 0.492. The van der Waals surface area contributed by atoms with Crippen LogP contribution in [-0.4, -0.2) is 44.1 Å². The smallest absolute Gasteiger partial charge is 0.290 e. The molecule has 5 nitrogen and oxygen atoms in total. The van der Waals surface area contributed by atoms with E-state index in [4.69, 9.17) is 9.15 Å². The fraction of sp³-hybridized carbons (Fsp3) is 0.240. The van der Waals surface area contributed by atoms with Crippen molar-refractivity contribution in [1.82, 2.24) is 4.90 Å². The number of fused-ring (bicyclic) bond motifs is 3. The molecule has 0 atom stereocenters. The third-order valence-electron chi connectivity index (χ3n) is 6.03. The van der Waals surface area contributed by atoms with E-state index in [2.05, 4.69) is 35.2 Å². The molecule has 5 heteroatoms. The molecule has 1 saturated heterocycles. The fourth-order valence-electron chi connectivity index (χ4n) is 4.26. The van der Waals surface area contributed by atoms with Gasteiger partial charge in [0.15, 0.2) is 5.76 Å². The summed E-state index contributed by atoms with van der Waals surface area (Å²) < 4.78 is 11.4. The van der Waals surface area contributed by atoms with E-state index in [-0.39, 0.29) is 5.91 Å².